The van der Waals surface area contributed by atoms with Crippen LogP contribution in [0, 0.1) is 0 Å². The highest BCUT2D eigenvalue weighted by Gasteiger charge is 2.19. The van der Waals surface area contributed by atoms with Gasteiger partial charge in [0.15, 0.2) is 0 Å². The van der Waals surface area contributed by atoms with Gasteiger partial charge < -0.3 is 4.42 Å². The van der Waals surface area contributed by atoms with Crippen LogP contribution < -0.4 is 0 Å². The first-order valence-electron chi connectivity index (χ1n) is 18.2. The van der Waals surface area contributed by atoms with E-state index in [1.165, 1.54) is 87.6 Å². The van der Waals surface area contributed by atoms with Crippen LogP contribution in [0.1, 0.15) is 0 Å². The number of hydrogen-bond donors (Lipinski definition) is 0. The zero-order valence-corrected chi connectivity index (χ0v) is 28.9. The molecule has 0 spiro atoms. The molecule has 0 saturated heterocycles. The third-order valence-corrected chi connectivity index (χ3v) is 11.0. The van der Waals surface area contributed by atoms with E-state index in [0.29, 0.717) is 0 Å². The lowest BCUT2D eigenvalue weighted by molar-refractivity contribution is 0.669. The van der Waals surface area contributed by atoms with Gasteiger partial charge in [0.25, 0.3) is 0 Å². The summed E-state index contributed by atoms with van der Waals surface area (Å²) >= 11 is 0. The molecule has 0 radical (unpaired) electrons. The van der Waals surface area contributed by atoms with E-state index in [1.54, 1.807) is 0 Å². The Morgan fingerprint density at radius 1 is 0.245 bits per heavy atom. The number of hydrogen-bond acceptors (Lipinski definition) is 1. The van der Waals surface area contributed by atoms with Crippen molar-refractivity contribution < 1.29 is 4.42 Å². The molecule has 0 N–H and O–H groups in total. The molecule has 0 aliphatic heterocycles. The van der Waals surface area contributed by atoms with Gasteiger partial charge in [-0.1, -0.05) is 152 Å². The maximum atomic E-state index is 6.42. The maximum Gasteiger partial charge on any atom is 0.136 e. The fourth-order valence-electron chi connectivity index (χ4n) is 8.54. The SMILES string of the molecule is c1ccc(-c2ccc3cc(-c4c5ccccc5c(-c5ccc6oc7cc8ccccc8cc7c6c5)c5ccccc45)cc(-c4ccccc4)c3c2)cc1. The zero-order valence-electron chi connectivity index (χ0n) is 28.9. The fourth-order valence-corrected chi connectivity index (χ4v) is 8.54. The minimum absolute atomic E-state index is 0.907. The summed E-state index contributed by atoms with van der Waals surface area (Å²) in [5.41, 5.74) is 11.6. The van der Waals surface area contributed by atoms with E-state index in [2.05, 4.69) is 194 Å². The molecule has 0 fully saturated rings. The first kappa shape index (κ1) is 29.7. The molecule has 0 saturated carbocycles. The van der Waals surface area contributed by atoms with Gasteiger partial charge in [-0.05, 0) is 130 Å². The van der Waals surface area contributed by atoms with Crippen LogP contribution in [0.5, 0.6) is 0 Å². The Bertz CT molecular complexity index is 3150. The number of rotatable bonds is 4. The van der Waals surface area contributed by atoms with Gasteiger partial charge in [-0.2, -0.15) is 0 Å². The van der Waals surface area contributed by atoms with Crippen molar-refractivity contribution in [3.8, 4) is 44.5 Å². The lowest BCUT2D eigenvalue weighted by Crippen LogP contribution is -1.92. The van der Waals surface area contributed by atoms with Crippen LogP contribution in [0.3, 0.4) is 0 Å². The summed E-state index contributed by atoms with van der Waals surface area (Å²) in [4.78, 5) is 0. The third kappa shape index (κ3) is 4.79. The molecule has 1 heterocycles. The van der Waals surface area contributed by atoms with E-state index in [1.807, 2.05) is 0 Å². The summed E-state index contributed by atoms with van der Waals surface area (Å²) in [5, 5.41) is 12.1. The third-order valence-electron chi connectivity index (χ3n) is 11.0. The van der Waals surface area contributed by atoms with Crippen molar-refractivity contribution in [3.63, 3.8) is 0 Å². The molecule has 0 bridgehead atoms. The van der Waals surface area contributed by atoms with Gasteiger partial charge in [-0.3, -0.25) is 0 Å². The van der Waals surface area contributed by atoms with Crippen LogP contribution in [-0.2, 0) is 0 Å². The van der Waals surface area contributed by atoms with Gasteiger partial charge >= 0.3 is 0 Å². The standard InChI is InChI=1S/C52H32O/c1-3-13-33(14-4-1)37-23-24-38-27-40(31-45(46(38)28-37)34-15-5-2-6-16-34)52-43-21-11-9-19-41(43)51(42-20-10-12-22-44(42)52)39-25-26-49-47(30-39)48-29-35-17-7-8-18-36(35)32-50(48)53-49/h1-32H. The summed E-state index contributed by atoms with van der Waals surface area (Å²) in [7, 11) is 0. The highest BCUT2D eigenvalue weighted by Crippen LogP contribution is 2.47. The largest absolute Gasteiger partial charge is 0.456 e. The van der Waals surface area contributed by atoms with Crippen LogP contribution in [0.2, 0.25) is 0 Å². The van der Waals surface area contributed by atoms with Crippen molar-refractivity contribution in [1.29, 1.82) is 0 Å². The summed E-state index contributed by atoms with van der Waals surface area (Å²) in [5.74, 6) is 0. The molecule has 11 rings (SSSR count). The normalized spacial score (nSPS) is 11.8. The van der Waals surface area contributed by atoms with Crippen LogP contribution in [-0.4, -0.2) is 0 Å². The molecule has 1 aromatic heterocycles. The molecule has 1 nitrogen and oxygen atoms in total. The second-order valence-electron chi connectivity index (χ2n) is 14.0. The van der Waals surface area contributed by atoms with Crippen molar-refractivity contribution in [1.82, 2.24) is 0 Å². The quantitative estimate of drug-likeness (QED) is 0.170. The first-order valence-corrected chi connectivity index (χ1v) is 18.2. The van der Waals surface area contributed by atoms with Gasteiger partial charge in [0.2, 0.25) is 0 Å². The number of fused-ring (bicyclic) bond motifs is 7. The van der Waals surface area contributed by atoms with E-state index >= 15 is 0 Å². The molecular formula is C52H32O. The molecule has 0 unspecified atom stereocenters. The topological polar surface area (TPSA) is 13.1 Å². The lowest BCUT2D eigenvalue weighted by Gasteiger charge is -2.19. The van der Waals surface area contributed by atoms with Gasteiger partial charge in [0.1, 0.15) is 11.2 Å². The van der Waals surface area contributed by atoms with Gasteiger partial charge in [-0.25, -0.2) is 0 Å². The summed E-state index contributed by atoms with van der Waals surface area (Å²) in [6.45, 7) is 0. The highest BCUT2D eigenvalue weighted by atomic mass is 16.3. The molecule has 1 heteroatoms. The second kappa shape index (κ2) is 11.8. The summed E-state index contributed by atoms with van der Waals surface area (Å²) in [6, 6.07) is 70.7. The molecular weight excluding hydrogens is 641 g/mol. The van der Waals surface area contributed by atoms with Crippen LogP contribution in [0.15, 0.2) is 199 Å². The predicted molar refractivity (Wildman–Crippen MR) is 225 cm³/mol. The van der Waals surface area contributed by atoms with E-state index in [0.717, 1.165) is 21.9 Å². The Morgan fingerprint density at radius 3 is 1.45 bits per heavy atom. The van der Waals surface area contributed by atoms with Crippen molar-refractivity contribution in [2.24, 2.45) is 0 Å². The Hall–Kier alpha value is -6.96. The Morgan fingerprint density at radius 2 is 0.774 bits per heavy atom. The molecule has 10 aromatic carbocycles. The van der Waals surface area contributed by atoms with E-state index < -0.39 is 0 Å². The lowest BCUT2D eigenvalue weighted by atomic mass is 9.84. The monoisotopic (exact) mass is 672 g/mol. The van der Waals surface area contributed by atoms with Gasteiger partial charge in [-0.15, -0.1) is 0 Å². The minimum Gasteiger partial charge on any atom is -0.456 e. The summed E-state index contributed by atoms with van der Waals surface area (Å²) in [6.07, 6.45) is 0. The minimum atomic E-state index is 0.907. The van der Waals surface area contributed by atoms with Crippen molar-refractivity contribution in [3.05, 3.63) is 194 Å². The van der Waals surface area contributed by atoms with Gasteiger partial charge in [0, 0.05) is 10.8 Å². The molecule has 0 atom stereocenters. The molecule has 11 aromatic rings. The zero-order chi connectivity index (χ0) is 34.9. The molecule has 246 valence electrons. The van der Waals surface area contributed by atoms with E-state index in [9.17, 15) is 0 Å². The molecule has 53 heavy (non-hydrogen) atoms. The van der Waals surface area contributed by atoms with Crippen LogP contribution in [0.25, 0.3) is 110 Å². The number of furan rings is 1. The Kier molecular flexibility index (Phi) is 6.62. The average Bonchev–Trinajstić information content (AvgIpc) is 3.58. The highest BCUT2D eigenvalue weighted by molar-refractivity contribution is 6.23. The first-order chi connectivity index (χ1) is 26.3. The smallest absolute Gasteiger partial charge is 0.136 e. The van der Waals surface area contributed by atoms with Crippen LogP contribution >= 0.6 is 0 Å². The molecule has 0 amide bonds. The predicted octanol–water partition coefficient (Wildman–Crippen LogP) is 14.9. The Labute approximate surface area is 307 Å². The summed E-state index contributed by atoms with van der Waals surface area (Å²) < 4.78 is 6.42. The maximum absolute atomic E-state index is 6.42. The van der Waals surface area contributed by atoms with Crippen LogP contribution in [0.4, 0.5) is 0 Å². The van der Waals surface area contributed by atoms with E-state index in [-0.39, 0.29) is 0 Å². The molecule has 0 aliphatic rings. The van der Waals surface area contributed by atoms with Crippen molar-refractivity contribution in [2.75, 3.05) is 0 Å². The fraction of sp³-hybridized carbons (Fsp3) is 0. The van der Waals surface area contributed by atoms with Gasteiger partial charge in [0.05, 0.1) is 0 Å². The van der Waals surface area contributed by atoms with Crippen molar-refractivity contribution >= 4 is 65.0 Å². The second-order valence-corrected chi connectivity index (χ2v) is 14.0. The van der Waals surface area contributed by atoms with E-state index in [4.69, 9.17) is 4.42 Å². The van der Waals surface area contributed by atoms with Crippen molar-refractivity contribution in [2.45, 2.75) is 0 Å². The average molecular weight is 673 g/mol. The number of benzene rings is 10. The Balaban J connectivity index is 1.18. The molecule has 0 aliphatic carbocycles.